The number of hydrogen-bond donors (Lipinski definition) is 1. The third kappa shape index (κ3) is 5.89. The number of nitrogens with one attached hydrogen (secondary N) is 1. The van der Waals surface area contributed by atoms with Gasteiger partial charge in [0, 0.05) is 10.7 Å². The molecule has 0 aliphatic carbocycles. The van der Waals surface area contributed by atoms with Gasteiger partial charge in [-0.05, 0) is 56.7 Å². The molecule has 0 saturated carbocycles. The summed E-state index contributed by atoms with van der Waals surface area (Å²) in [6.07, 6.45) is 0.990. The summed E-state index contributed by atoms with van der Waals surface area (Å²) in [6, 6.07) is 8.09. The molecule has 0 bridgehead atoms. The Hall–Kier alpha value is -2.78. The molecule has 0 spiro atoms. The Kier molecular flexibility index (Phi) is 7.91. The minimum Gasteiger partial charge on any atom is -0.495 e. The van der Waals surface area contributed by atoms with Crippen LogP contribution in [-0.4, -0.2) is 46.3 Å². The van der Waals surface area contributed by atoms with E-state index in [1.165, 1.54) is 32.2 Å². The van der Waals surface area contributed by atoms with Crippen LogP contribution in [0.1, 0.15) is 29.8 Å². The molecule has 10 heteroatoms. The molecule has 2 aromatic carbocycles. The van der Waals surface area contributed by atoms with E-state index in [9.17, 15) is 18.0 Å². The Morgan fingerprint density at radius 3 is 2.45 bits per heavy atom. The van der Waals surface area contributed by atoms with Crippen LogP contribution in [0.5, 0.6) is 5.75 Å². The van der Waals surface area contributed by atoms with Gasteiger partial charge in [-0.2, -0.15) is 0 Å². The molecule has 0 fully saturated rings. The summed E-state index contributed by atoms with van der Waals surface area (Å²) in [7, 11) is -2.49. The smallest absolute Gasteiger partial charge is 0.338 e. The van der Waals surface area contributed by atoms with E-state index in [1.807, 2.05) is 0 Å². The third-order valence-electron chi connectivity index (χ3n) is 4.47. The molecular weight excluding hydrogens is 444 g/mol. The summed E-state index contributed by atoms with van der Waals surface area (Å²) < 4.78 is 36.3. The molecule has 0 heterocycles. The Balaban J connectivity index is 2.41. The van der Waals surface area contributed by atoms with Gasteiger partial charge in [0.2, 0.25) is 15.9 Å². The second-order valence-corrected chi connectivity index (χ2v) is 9.09. The lowest BCUT2D eigenvalue weighted by atomic mass is 10.1. The normalized spacial score (nSPS) is 12.1. The minimum atomic E-state index is -3.88. The summed E-state index contributed by atoms with van der Waals surface area (Å²) >= 11 is 6.05. The van der Waals surface area contributed by atoms with Crippen molar-refractivity contribution in [3.8, 4) is 5.75 Å². The Labute approximate surface area is 187 Å². The lowest BCUT2D eigenvalue weighted by Crippen LogP contribution is -2.45. The average Bonchev–Trinajstić information content (AvgIpc) is 2.69. The van der Waals surface area contributed by atoms with Crippen molar-refractivity contribution in [2.75, 3.05) is 29.6 Å². The number of methoxy groups -OCH3 is 1. The summed E-state index contributed by atoms with van der Waals surface area (Å²) in [4.78, 5) is 25.0. The molecule has 168 valence electrons. The molecule has 2 rings (SSSR count). The molecular formula is C21H25ClN2O6S. The van der Waals surface area contributed by atoms with Crippen molar-refractivity contribution in [2.24, 2.45) is 0 Å². The van der Waals surface area contributed by atoms with Crippen molar-refractivity contribution < 1.29 is 27.5 Å². The number of sulfonamides is 1. The molecule has 1 N–H and O–H groups in total. The highest BCUT2D eigenvalue weighted by Gasteiger charge is 2.31. The fourth-order valence-electron chi connectivity index (χ4n) is 2.95. The number of benzene rings is 2. The highest BCUT2D eigenvalue weighted by Crippen LogP contribution is 2.34. The maximum Gasteiger partial charge on any atom is 0.338 e. The molecule has 31 heavy (non-hydrogen) atoms. The van der Waals surface area contributed by atoms with Crippen LogP contribution in [0.3, 0.4) is 0 Å². The number of amides is 1. The van der Waals surface area contributed by atoms with Crippen LogP contribution in [-0.2, 0) is 19.6 Å². The highest BCUT2D eigenvalue weighted by atomic mass is 35.5. The molecule has 1 amide bonds. The lowest BCUT2D eigenvalue weighted by molar-refractivity contribution is -0.116. The number of hydrogen-bond acceptors (Lipinski definition) is 6. The second kappa shape index (κ2) is 10.0. The number of anilines is 2. The van der Waals surface area contributed by atoms with E-state index in [0.717, 1.165) is 10.6 Å². The van der Waals surface area contributed by atoms with Gasteiger partial charge < -0.3 is 14.8 Å². The number of nitrogens with zero attached hydrogens (tertiary/aromatic N) is 1. The number of carbonyl (C=O) groups is 2. The van der Waals surface area contributed by atoms with Gasteiger partial charge in [0.15, 0.2) is 0 Å². The SMILES string of the molecule is CCOC(=O)c1ccc(C)c(NC(=O)[C@@H](C)N(c2cc(Cl)ccc2OC)S(C)(=O)=O)c1. The first-order valence-corrected chi connectivity index (χ1v) is 11.6. The van der Waals surface area contributed by atoms with E-state index >= 15 is 0 Å². The van der Waals surface area contributed by atoms with Gasteiger partial charge in [-0.3, -0.25) is 9.10 Å². The van der Waals surface area contributed by atoms with Crippen LogP contribution >= 0.6 is 11.6 Å². The number of aryl methyl sites for hydroxylation is 1. The largest absolute Gasteiger partial charge is 0.495 e. The summed E-state index contributed by atoms with van der Waals surface area (Å²) in [5, 5.41) is 2.98. The Morgan fingerprint density at radius 1 is 1.19 bits per heavy atom. The zero-order valence-electron chi connectivity index (χ0n) is 17.9. The molecule has 0 unspecified atom stereocenters. The Bertz CT molecular complexity index is 1090. The third-order valence-corrected chi connectivity index (χ3v) is 5.94. The zero-order chi connectivity index (χ0) is 23.3. The van der Waals surface area contributed by atoms with Crippen molar-refractivity contribution in [1.82, 2.24) is 0 Å². The van der Waals surface area contributed by atoms with E-state index < -0.39 is 27.9 Å². The molecule has 1 atom stereocenters. The van der Waals surface area contributed by atoms with Crippen LogP contribution in [0.2, 0.25) is 5.02 Å². The summed E-state index contributed by atoms with van der Waals surface area (Å²) in [5.74, 6) is -0.876. The zero-order valence-corrected chi connectivity index (χ0v) is 19.5. The fraction of sp³-hybridized carbons (Fsp3) is 0.333. The number of halogens is 1. The number of carbonyl (C=O) groups excluding carboxylic acids is 2. The van der Waals surface area contributed by atoms with E-state index in [-0.39, 0.29) is 28.6 Å². The van der Waals surface area contributed by atoms with E-state index in [1.54, 1.807) is 32.0 Å². The van der Waals surface area contributed by atoms with Gasteiger partial charge in [-0.1, -0.05) is 17.7 Å². The van der Waals surface area contributed by atoms with Crippen LogP contribution < -0.4 is 14.4 Å². The van der Waals surface area contributed by atoms with Crippen molar-refractivity contribution in [3.05, 3.63) is 52.5 Å². The number of ether oxygens (including phenoxy) is 2. The fourth-order valence-corrected chi connectivity index (χ4v) is 4.29. The van der Waals surface area contributed by atoms with Crippen molar-refractivity contribution in [2.45, 2.75) is 26.8 Å². The lowest BCUT2D eigenvalue weighted by Gasteiger charge is -2.29. The average molecular weight is 469 g/mol. The van der Waals surface area contributed by atoms with Crippen LogP contribution in [0.25, 0.3) is 0 Å². The predicted octanol–water partition coefficient (Wildman–Crippen LogP) is 3.63. The molecule has 2 aromatic rings. The quantitative estimate of drug-likeness (QED) is 0.593. The molecule has 0 radical (unpaired) electrons. The van der Waals surface area contributed by atoms with Gasteiger partial charge in [0.1, 0.15) is 11.8 Å². The van der Waals surface area contributed by atoms with Gasteiger partial charge >= 0.3 is 5.97 Å². The van der Waals surface area contributed by atoms with E-state index in [2.05, 4.69) is 5.32 Å². The van der Waals surface area contributed by atoms with Crippen molar-refractivity contribution >= 4 is 44.9 Å². The summed E-state index contributed by atoms with van der Waals surface area (Å²) in [6.45, 7) is 5.11. The van der Waals surface area contributed by atoms with E-state index in [4.69, 9.17) is 21.1 Å². The predicted molar refractivity (Wildman–Crippen MR) is 121 cm³/mol. The van der Waals surface area contributed by atoms with E-state index in [0.29, 0.717) is 11.3 Å². The molecule has 0 aromatic heterocycles. The van der Waals surface area contributed by atoms with Gasteiger partial charge in [-0.25, -0.2) is 13.2 Å². The second-order valence-electron chi connectivity index (χ2n) is 6.79. The van der Waals surface area contributed by atoms with Gasteiger partial charge in [-0.15, -0.1) is 0 Å². The maximum absolute atomic E-state index is 13.0. The molecule has 8 nitrogen and oxygen atoms in total. The first kappa shape index (κ1) is 24.5. The van der Waals surface area contributed by atoms with Crippen molar-refractivity contribution in [3.63, 3.8) is 0 Å². The molecule has 0 saturated heterocycles. The minimum absolute atomic E-state index is 0.136. The first-order valence-electron chi connectivity index (χ1n) is 9.41. The number of esters is 1. The van der Waals surface area contributed by atoms with Crippen LogP contribution in [0, 0.1) is 6.92 Å². The molecule has 0 aliphatic rings. The van der Waals surface area contributed by atoms with Crippen molar-refractivity contribution in [1.29, 1.82) is 0 Å². The van der Waals surface area contributed by atoms with Crippen LogP contribution in [0.4, 0.5) is 11.4 Å². The molecule has 0 aliphatic heterocycles. The summed E-state index contributed by atoms with van der Waals surface area (Å²) in [5.41, 5.74) is 1.47. The topological polar surface area (TPSA) is 102 Å². The van der Waals surface area contributed by atoms with Crippen LogP contribution in [0.15, 0.2) is 36.4 Å². The highest BCUT2D eigenvalue weighted by molar-refractivity contribution is 7.92. The first-order chi connectivity index (χ1) is 14.5. The number of rotatable bonds is 8. The monoisotopic (exact) mass is 468 g/mol. The maximum atomic E-state index is 13.0. The van der Waals surface area contributed by atoms with Gasteiger partial charge in [0.05, 0.1) is 31.2 Å². The Morgan fingerprint density at radius 2 is 1.87 bits per heavy atom. The standard InChI is InChI=1S/C21H25ClN2O6S/c1-6-30-21(26)15-8-7-13(2)17(11-15)23-20(25)14(3)24(31(5,27)28)18-12-16(22)9-10-19(18)29-4/h7-12,14H,6H2,1-5H3,(H,23,25)/t14-/m1/s1. The van der Waals surface area contributed by atoms with Gasteiger partial charge in [0.25, 0.3) is 0 Å².